The van der Waals surface area contributed by atoms with Crippen molar-refractivity contribution in [3.05, 3.63) is 23.8 Å². The van der Waals surface area contributed by atoms with Gasteiger partial charge in [0.15, 0.2) is 6.10 Å². The second-order valence-corrected chi connectivity index (χ2v) is 4.96. The van der Waals surface area contributed by atoms with Gasteiger partial charge in [-0.2, -0.15) is 0 Å². The first kappa shape index (κ1) is 15.2. The Bertz CT molecular complexity index is 537. The molecule has 0 aromatic heterocycles. The van der Waals surface area contributed by atoms with Crippen molar-refractivity contribution in [2.24, 2.45) is 0 Å². The summed E-state index contributed by atoms with van der Waals surface area (Å²) in [6.07, 6.45) is 1.27. The summed E-state index contributed by atoms with van der Waals surface area (Å²) in [6, 6.07) is 4.43. The van der Waals surface area contributed by atoms with E-state index in [4.69, 9.17) is 9.47 Å². The van der Waals surface area contributed by atoms with E-state index in [1.165, 1.54) is 19.2 Å². The van der Waals surface area contributed by atoms with Crippen LogP contribution in [0.3, 0.4) is 0 Å². The molecule has 6 nitrogen and oxygen atoms in total. The molecule has 1 aliphatic heterocycles. The minimum absolute atomic E-state index is 0.0110. The Hall–Kier alpha value is -2.24. The summed E-state index contributed by atoms with van der Waals surface area (Å²) in [5.41, 5.74) is 0.0110. The van der Waals surface area contributed by atoms with Crippen molar-refractivity contribution in [3.63, 3.8) is 0 Å². The lowest BCUT2D eigenvalue weighted by atomic mass is 10.2. The number of likely N-dealkylation sites (tertiary alicyclic amines) is 1. The number of carboxylic acid groups (broad SMARTS) is 1. The Morgan fingerprint density at radius 1 is 1.29 bits per heavy atom. The van der Waals surface area contributed by atoms with Gasteiger partial charge in [0.25, 0.3) is 5.91 Å². The van der Waals surface area contributed by atoms with E-state index in [0.717, 1.165) is 25.9 Å². The zero-order valence-electron chi connectivity index (χ0n) is 12.2. The summed E-state index contributed by atoms with van der Waals surface area (Å²) < 4.78 is 10.6. The first-order valence-corrected chi connectivity index (χ1v) is 6.89. The van der Waals surface area contributed by atoms with E-state index in [1.54, 1.807) is 17.9 Å². The van der Waals surface area contributed by atoms with Crippen LogP contribution in [0, 0.1) is 0 Å². The van der Waals surface area contributed by atoms with Gasteiger partial charge in [0.2, 0.25) is 0 Å². The molecule has 114 valence electrons. The van der Waals surface area contributed by atoms with Crippen LogP contribution in [0.15, 0.2) is 18.2 Å². The van der Waals surface area contributed by atoms with Crippen molar-refractivity contribution in [2.45, 2.75) is 25.9 Å². The largest absolute Gasteiger partial charge is 0.497 e. The average molecular weight is 293 g/mol. The number of amides is 1. The van der Waals surface area contributed by atoms with E-state index in [0.29, 0.717) is 5.75 Å². The minimum Gasteiger partial charge on any atom is -0.497 e. The smallest absolute Gasteiger partial charge is 0.339 e. The van der Waals surface area contributed by atoms with Gasteiger partial charge in [0.05, 0.1) is 7.11 Å². The molecule has 1 fully saturated rings. The van der Waals surface area contributed by atoms with Crippen molar-refractivity contribution >= 4 is 11.9 Å². The maximum Gasteiger partial charge on any atom is 0.339 e. The van der Waals surface area contributed by atoms with E-state index < -0.39 is 12.1 Å². The number of carbonyl (C=O) groups excluding carboxylic acids is 1. The van der Waals surface area contributed by atoms with Crippen molar-refractivity contribution in [3.8, 4) is 11.5 Å². The third-order valence-corrected chi connectivity index (χ3v) is 3.49. The highest BCUT2D eigenvalue weighted by atomic mass is 16.5. The summed E-state index contributed by atoms with van der Waals surface area (Å²) in [5, 5.41) is 9.18. The predicted octanol–water partition coefficient (Wildman–Crippen LogP) is 1.78. The van der Waals surface area contributed by atoms with E-state index in [1.807, 2.05) is 0 Å². The molecule has 1 saturated heterocycles. The lowest BCUT2D eigenvalue weighted by Gasteiger charge is -2.22. The molecule has 0 bridgehead atoms. The van der Waals surface area contributed by atoms with Gasteiger partial charge in [-0.1, -0.05) is 0 Å². The average Bonchev–Trinajstić information content (AvgIpc) is 3.00. The van der Waals surface area contributed by atoms with Crippen LogP contribution >= 0.6 is 0 Å². The van der Waals surface area contributed by atoms with Gasteiger partial charge in [0.1, 0.15) is 17.1 Å². The predicted molar refractivity (Wildman–Crippen MR) is 75.9 cm³/mol. The standard InChI is InChI=1S/C15H19NO5/c1-10(14(17)16-7-3-4-8-16)21-13-9-11(20-2)5-6-12(13)15(18)19/h5-6,9-10H,3-4,7-8H2,1-2H3,(H,18,19). The number of aromatic carboxylic acids is 1. The van der Waals surface area contributed by atoms with Crippen LogP contribution in [0.1, 0.15) is 30.1 Å². The monoisotopic (exact) mass is 293 g/mol. The summed E-state index contributed by atoms with van der Waals surface area (Å²) in [7, 11) is 1.48. The van der Waals surface area contributed by atoms with Crippen molar-refractivity contribution < 1.29 is 24.2 Å². The van der Waals surface area contributed by atoms with E-state index in [-0.39, 0.29) is 17.2 Å². The molecular weight excluding hydrogens is 274 g/mol. The Balaban J connectivity index is 2.16. The van der Waals surface area contributed by atoms with Gasteiger partial charge in [-0.3, -0.25) is 4.79 Å². The molecule has 0 aliphatic carbocycles. The lowest BCUT2D eigenvalue weighted by molar-refractivity contribution is -0.136. The minimum atomic E-state index is -1.10. The zero-order valence-corrected chi connectivity index (χ0v) is 12.2. The quantitative estimate of drug-likeness (QED) is 0.895. The van der Waals surface area contributed by atoms with Crippen LogP contribution < -0.4 is 9.47 Å². The maximum atomic E-state index is 12.2. The molecule has 1 unspecified atom stereocenters. The number of hydrogen-bond donors (Lipinski definition) is 1. The van der Waals surface area contributed by atoms with Crippen LogP contribution in [0.4, 0.5) is 0 Å². The molecule has 21 heavy (non-hydrogen) atoms. The second kappa shape index (κ2) is 6.47. The highest BCUT2D eigenvalue weighted by molar-refractivity contribution is 5.91. The molecule has 1 atom stereocenters. The number of carbonyl (C=O) groups is 2. The molecule has 1 aromatic carbocycles. The SMILES string of the molecule is COc1ccc(C(=O)O)c(OC(C)C(=O)N2CCCC2)c1. The fourth-order valence-corrected chi connectivity index (χ4v) is 2.34. The van der Waals surface area contributed by atoms with Gasteiger partial charge in [-0.25, -0.2) is 4.79 Å². The highest BCUT2D eigenvalue weighted by Gasteiger charge is 2.26. The van der Waals surface area contributed by atoms with Gasteiger partial charge >= 0.3 is 5.97 Å². The Morgan fingerprint density at radius 3 is 2.52 bits per heavy atom. The van der Waals surface area contributed by atoms with Crippen molar-refractivity contribution in [1.29, 1.82) is 0 Å². The summed E-state index contributed by atoms with van der Waals surface area (Å²) >= 11 is 0. The molecular formula is C15H19NO5. The second-order valence-electron chi connectivity index (χ2n) is 4.96. The third kappa shape index (κ3) is 3.45. The van der Waals surface area contributed by atoms with E-state index >= 15 is 0 Å². The Labute approximate surface area is 123 Å². The number of methoxy groups -OCH3 is 1. The molecule has 6 heteroatoms. The Kier molecular flexibility index (Phi) is 4.67. The van der Waals surface area contributed by atoms with Crippen LogP contribution in [0.2, 0.25) is 0 Å². The molecule has 0 saturated carbocycles. The molecule has 2 rings (SSSR count). The molecule has 0 radical (unpaired) electrons. The van der Waals surface area contributed by atoms with Gasteiger partial charge in [0, 0.05) is 19.2 Å². The Morgan fingerprint density at radius 2 is 1.95 bits per heavy atom. The van der Waals surface area contributed by atoms with E-state index in [2.05, 4.69) is 0 Å². The number of nitrogens with zero attached hydrogens (tertiary/aromatic N) is 1. The van der Waals surface area contributed by atoms with Crippen LogP contribution in [0.5, 0.6) is 11.5 Å². The number of rotatable bonds is 5. The van der Waals surface area contributed by atoms with Crippen LogP contribution in [-0.2, 0) is 4.79 Å². The number of ether oxygens (including phenoxy) is 2. The number of carboxylic acids is 1. The number of hydrogen-bond acceptors (Lipinski definition) is 4. The topological polar surface area (TPSA) is 76.1 Å². The fourth-order valence-electron chi connectivity index (χ4n) is 2.34. The molecule has 1 aromatic rings. The first-order valence-electron chi connectivity index (χ1n) is 6.89. The normalized spacial score (nSPS) is 15.6. The van der Waals surface area contributed by atoms with Crippen LogP contribution in [-0.4, -0.2) is 48.2 Å². The molecule has 1 N–H and O–H groups in total. The molecule has 1 heterocycles. The summed E-state index contributed by atoms with van der Waals surface area (Å²) in [4.78, 5) is 25.2. The summed E-state index contributed by atoms with van der Waals surface area (Å²) in [5.74, 6) is -0.599. The van der Waals surface area contributed by atoms with Crippen molar-refractivity contribution in [1.82, 2.24) is 4.90 Å². The highest BCUT2D eigenvalue weighted by Crippen LogP contribution is 2.26. The number of benzene rings is 1. The van der Waals surface area contributed by atoms with Gasteiger partial charge in [-0.15, -0.1) is 0 Å². The summed E-state index contributed by atoms with van der Waals surface area (Å²) in [6.45, 7) is 3.10. The maximum absolute atomic E-state index is 12.2. The van der Waals surface area contributed by atoms with Gasteiger partial charge < -0.3 is 19.5 Å². The molecule has 1 amide bonds. The fraction of sp³-hybridized carbons (Fsp3) is 0.467. The zero-order chi connectivity index (χ0) is 15.4. The lowest BCUT2D eigenvalue weighted by Crippen LogP contribution is -2.38. The van der Waals surface area contributed by atoms with Crippen molar-refractivity contribution in [2.75, 3.05) is 20.2 Å². The van der Waals surface area contributed by atoms with Gasteiger partial charge in [-0.05, 0) is 31.9 Å². The molecule has 1 aliphatic rings. The first-order chi connectivity index (χ1) is 10.0. The van der Waals surface area contributed by atoms with Crippen LogP contribution in [0.25, 0.3) is 0 Å². The molecule has 0 spiro atoms. The van der Waals surface area contributed by atoms with E-state index in [9.17, 15) is 14.7 Å². The third-order valence-electron chi connectivity index (χ3n) is 3.49.